The van der Waals surface area contributed by atoms with Crippen LogP contribution in [0.3, 0.4) is 0 Å². The number of para-hydroxylation sites is 1. The predicted octanol–water partition coefficient (Wildman–Crippen LogP) is 2.52. The van der Waals surface area contributed by atoms with Gasteiger partial charge >= 0.3 is 0 Å². The van der Waals surface area contributed by atoms with Gasteiger partial charge in [-0.25, -0.2) is 4.98 Å². The largest absolute Gasteiger partial charge is 0.351 e. The monoisotopic (exact) mass is 348 g/mol. The minimum absolute atomic E-state index is 0.0157. The van der Waals surface area contributed by atoms with Gasteiger partial charge in [0.1, 0.15) is 5.65 Å². The highest BCUT2D eigenvalue weighted by Crippen LogP contribution is 2.34. The van der Waals surface area contributed by atoms with Crippen molar-refractivity contribution in [2.75, 3.05) is 18.5 Å². The molecule has 1 atom stereocenters. The molecular weight excluding hydrogens is 328 g/mol. The molecule has 6 nitrogen and oxygen atoms in total. The summed E-state index contributed by atoms with van der Waals surface area (Å²) in [6, 6.07) is 11.5. The molecule has 3 heterocycles. The molecule has 1 aliphatic heterocycles. The Kier molecular flexibility index (Phi) is 3.95. The first kappa shape index (κ1) is 16.3. The molecule has 3 aromatic rings. The van der Waals surface area contributed by atoms with Crippen LogP contribution in [0, 0.1) is 6.92 Å². The van der Waals surface area contributed by atoms with E-state index >= 15 is 0 Å². The molecule has 6 heteroatoms. The molecule has 0 bridgehead atoms. The van der Waals surface area contributed by atoms with Crippen molar-refractivity contribution in [2.24, 2.45) is 0 Å². The normalized spacial score (nSPS) is 16.6. The number of rotatable bonds is 3. The number of imidazole rings is 1. The third-order valence-corrected chi connectivity index (χ3v) is 4.88. The lowest BCUT2D eigenvalue weighted by atomic mass is 9.89. The SMILES string of the molecule is Cc1cn2cc(C(=O)NC[C@@H]3CC(=O)N(C)c4ccccc43)ccc2n1. The lowest BCUT2D eigenvalue weighted by Crippen LogP contribution is -2.37. The molecule has 1 aliphatic rings. The molecular formula is C20H20N4O2. The van der Waals surface area contributed by atoms with Crippen LogP contribution in [0.15, 0.2) is 48.8 Å². The van der Waals surface area contributed by atoms with Gasteiger partial charge in [-0.1, -0.05) is 18.2 Å². The van der Waals surface area contributed by atoms with Crippen LogP contribution < -0.4 is 10.2 Å². The van der Waals surface area contributed by atoms with Crippen LogP contribution in [0.1, 0.15) is 34.0 Å². The van der Waals surface area contributed by atoms with E-state index in [0.29, 0.717) is 18.5 Å². The molecule has 0 radical (unpaired) electrons. The van der Waals surface area contributed by atoms with Gasteiger partial charge in [0, 0.05) is 44.0 Å². The molecule has 1 aromatic carbocycles. The van der Waals surface area contributed by atoms with Gasteiger partial charge in [0.25, 0.3) is 5.91 Å². The van der Waals surface area contributed by atoms with Crippen LogP contribution >= 0.6 is 0 Å². The van der Waals surface area contributed by atoms with Gasteiger partial charge in [-0.2, -0.15) is 0 Å². The van der Waals surface area contributed by atoms with Crippen molar-refractivity contribution in [1.29, 1.82) is 0 Å². The Bertz CT molecular complexity index is 1010. The molecule has 0 unspecified atom stereocenters. The molecule has 1 N–H and O–H groups in total. The number of aromatic nitrogens is 2. The lowest BCUT2D eigenvalue weighted by molar-refractivity contribution is -0.119. The highest BCUT2D eigenvalue weighted by Gasteiger charge is 2.29. The van der Waals surface area contributed by atoms with Gasteiger partial charge in [0.05, 0.1) is 11.3 Å². The van der Waals surface area contributed by atoms with Crippen molar-refractivity contribution in [3.05, 3.63) is 65.6 Å². The molecule has 0 fully saturated rings. The highest BCUT2D eigenvalue weighted by molar-refractivity contribution is 5.97. The van der Waals surface area contributed by atoms with Crippen LogP contribution in [0.25, 0.3) is 5.65 Å². The molecule has 0 saturated heterocycles. The molecule has 0 saturated carbocycles. The van der Waals surface area contributed by atoms with Crippen molar-refractivity contribution >= 4 is 23.1 Å². The Morgan fingerprint density at radius 1 is 1.23 bits per heavy atom. The van der Waals surface area contributed by atoms with Gasteiger partial charge in [-0.05, 0) is 30.7 Å². The number of benzene rings is 1. The van der Waals surface area contributed by atoms with E-state index in [9.17, 15) is 9.59 Å². The number of nitrogens with zero attached hydrogens (tertiary/aromatic N) is 3. The Morgan fingerprint density at radius 3 is 2.88 bits per heavy atom. The van der Waals surface area contributed by atoms with Crippen LogP contribution in [0.5, 0.6) is 0 Å². The number of amides is 2. The summed E-state index contributed by atoms with van der Waals surface area (Å²) in [6.07, 6.45) is 4.06. The van der Waals surface area contributed by atoms with Crippen LogP contribution in [0.4, 0.5) is 5.69 Å². The Morgan fingerprint density at radius 2 is 2.04 bits per heavy atom. The summed E-state index contributed by atoms with van der Waals surface area (Å²) in [6.45, 7) is 2.34. The number of hydrogen-bond acceptors (Lipinski definition) is 3. The maximum absolute atomic E-state index is 12.6. The number of pyridine rings is 1. The average molecular weight is 348 g/mol. The smallest absolute Gasteiger partial charge is 0.252 e. The van der Waals surface area contributed by atoms with E-state index in [-0.39, 0.29) is 17.7 Å². The second-order valence-corrected chi connectivity index (χ2v) is 6.69. The predicted molar refractivity (Wildman–Crippen MR) is 99.5 cm³/mol. The summed E-state index contributed by atoms with van der Waals surface area (Å²) in [5.41, 5.74) is 4.30. The van der Waals surface area contributed by atoms with E-state index in [1.165, 1.54) is 0 Å². The van der Waals surface area contributed by atoms with Gasteiger partial charge in [-0.15, -0.1) is 0 Å². The fraction of sp³-hybridized carbons (Fsp3) is 0.250. The summed E-state index contributed by atoms with van der Waals surface area (Å²) < 4.78 is 1.85. The average Bonchev–Trinajstić information content (AvgIpc) is 3.02. The number of hydrogen-bond donors (Lipinski definition) is 1. The van der Waals surface area contributed by atoms with Crippen LogP contribution in [-0.2, 0) is 4.79 Å². The number of carbonyl (C=O) groups excluding carboxylic acids is 2. The van der Waals surface area contributed by atoms with Crippen molar-refractivity contribution in [2.45, 2.75) is 19.3 Å². The number of fused-ring (bicyclic) bond motifs is 2. The first-order valence-electron chi connectivity index (χ1n) is 8.62. The minimum atomic E-state index is -0.151. The molecule has 2 aromatic heterocycles. The molecule has 132 valence electrons. The van der Waals surface area contributed by atoms with Gasteiger partial charge in [0.2, 0.25) is 5.91 Å². The fourth-order valence-electron chi connectivity index (χ4n) is 3.48. The van der Waals surface area contributed by atoms with Crippen molar-refractivity contribution in [3.8, 4) is 0 Å². The summed E-state index contributed by atoms with van der Waals surface area (Å²) in [7, 11) is 1.79. The zero-order valence-electron chi connectivity index (χ0n) is 14.8. The minimum Gasteiger partial charge on any atom is -0.351 e. The molecule has 2 amide bonds. The first-order chi connectivity index (χ1) is 12.5. The third-order valence-electron chi connectivity index (χ3n) is 4.88. The van der Waals surface area contributed by atoms with E-state index in [1.54, 1.807) is 24.2 Å². The standard InChI is InChI=1S/C20H20N4O2/c1-13-11-24-12-14(7-8-18(24)22-13)20(26)21-10-15-9-19(25)23(2)17-6-4-3-5-16(15)17/h3-8,11-12,15H,9-10H2,1-2H3,(H,21,26)/t15-/m0/s1. The number of nitrogens with one attached hydrogen (secondary N) is 1. The Hall–Kier alpha value is -3.15. The highest BCUT2D eigenvalue weighted by atomic mass is 16.2. The molecule has 4 rings (SSSR count). The van der Waals surface area contributed by atoms with E-state index in [0.717, 1.165) is 22.6 Å². The van der Waals surface area contributed by atoms with E-state index in [2.05, 4.69) is 10.3 Å². The molecule has 26 heavy (non-hydrogen) atoms. The maximum Gasteiger partial charge on any atom is 0.252 e. The van der Waals surface area contributed by atoms with Crippen LogP contribution in [-0.4, -0.2) is 34.8 Å². The van der Waals surface area contributed by atoms with Crippen LogP contribution in [0.2, 0.25) is 0 Å². The summed E-state index contributed by atoms with van der Waals surface area (Å²) in [5.74, 6) is -0.0987. The van der Waals surface area contributed by atoms with Gasteiger partial charge in [-0.3, -0.25) is 9.59 Å². The van der Waals surface area contributed by atoms with Gasteiger partial charge < -0.3 is 14.6 Å². The van der Waals surface area contributed by atoms with Gasteiger partial charge in [0.15, 0.2) is 0 Å². The Labute approximate surface area is 151 Å². The second-order valence-electron chi connectivity index (χ2n) is 6.69. The van der Waals surface area contributed by atoms with E-state index < -0.39 is 0 Å². The topological polar surface area (TPSA) is 66.7 Å². The zero-order valence-corrected chi connectivity index (χ0v) is 14.8. The molecule has 0 aliphatic carbocycles. The molecule has 0 spiro atoms. The zero-order chi connectivity index (χ0) is 18.3. The second kappa shape index (κ2) is 6.29. The van der Waals surface area contributed by atoms with Crippen molar-refractivity contribution < 1.29 is 9.59 Å². The number of carbonyl (C=O) groups is 2. The number of anilines is 1. The first-order valence-corrected chi connectivity index (χ1v) is 8.62. The maximum atomic E-state index is 12.6. The quantitative estimate of drug-likeness (QED) is 0.791. The van der Waals surface area contributed by atoms with Crippen molar-refractivity contribution in [1.82, 2.24) is 14.7 Å². The van der Waals surface area contributed by atoms with E-state index in [4.69, 9.17) is 0 Å². The summed E-state index contributed by atoms with van der Waals surface area (Å²) in [4.78, 5) is 30.8. The summed E-state index contributed by atoms with van der Waals surface area (Å²) in [5, 5.41) is 2.97. The Balaban J connectivity index is 1.52. The third kappa shape index (κ3) is 2.83. The van der Waals surface area contributed by atoms with Crippen molar-refractivity contribution in [3.63, 3.8) is 0 Å². The fourth-order valence-corrected chi connectivity index (χ4v) is 3.48. The summed E-state index contributed by atoms with van der Waals surface area (Å²) >= 11 is 0. The number of aryl methyl sites for hydroxylation is 1. The van der Waals surface area contributed by atoms with E-state index in [1.807, 2.05) is 47.9 Å². The lowest BCUT2D eigenvalue weighted by Gasteiger charge is -2.31.